The van der Waals surface area contributed by atoms with Gasteiger partial charge >= 0.3 is 0 Å². The number of amides is 1. The zero-order valence-electron chi connectivity index (χ0n) is 8.11. The van der Waals surface area contributed by atoms with Crippen molar-refractivity contribution in [2.45, 2.75) is 40.0 Å². The third kappa shape index (κ3) is 1.52. The van der Waals surface area contributed by atoms with Gasteiger partial charge in [0.15, 0.2) is 0 Å². The maximum Gasteiger partial charge on any atom is 0.223 e. The van der Waals surface area contributed by atoms with Gasteiger partial charge in [0.1, 0.15) is 0 Å². The fourth-order valence-corrected chi connectivity index (χ4v) is 1.71. The Kier molecular flexibility index (Phi) is 2.27. The Balaban J connectivity index is 2.84. The summed E-state index contributed by atoms with van der Waals surface area (Å²) in [7, 11) is 0. The van der Waals surface area contributed by atoms with Crippen LogP contribution in [0.4, 0.5) is 0 Å². The molecule has 0 aromatic rings. The van der Waals surface area contributed by atoms with Crippen molar-refractivity contribution in [3.05, 3.63) is 11.1 Å². The fraction of sp³-hybridized carbons (Fsp3) is 0.700. The molecule has 0 aromatic heterocycles. The predicted molar refractivity (Wildman–Crippen MR) is 49.5 cm³/mol. The molecule has 68 valence electrons. The largest absolute Gasteiger partial charge is 0.369 e. The molecule has 2 nitrogen and oxygen atoms in total. The molecule has 1 aliphatic carbocycles. The fourth-order valence-electron chi connectivity index (χ4n) is 1.71. The molecule has 0 saturated carbocycles. The van der Waals surface area contributed by atoms with Crippen LogP contribution in [-0.2, 0) is 4.79 Å². The topological polar surface area (TPSA) is 43.1 Å². The molecule has 0 spiro atoms. The van der Waals surface area contributed by atoms with Crippen molar-refractivity contribution in [2.75, 3.05) is 0 Å². The molecule has 0 aromatic carbocycles. The summed E-state index contributed by atoms with van der Waals surface area (Å²) in [6, 6.07) is 0. The van der Waals surface area contributed by atoms with E-state index in [1.165, 1.54) is 11.1 Å². The molecule has 1 unspecified atom stereocenters. The third-order valence-electron chi connectivity index (χ3n) is 3.03. The van der Waals surface area contributed by atoms with Crippen molar-refractivity contribution >= 4 is 5.91 Å². The normalized spacial score (nSPS) is 30.6. The highest BCUT2D eigenvalue weighted by Gasteiger charge is 2.33. The van der Waals surface area contributed by atoms with Crippen molar-refractivity contribution in [1.29, 1.82) is 0 Å². The van der Waals surface area contributed by atoms with Crippen LogP contribution in [0, 0.1) is 5.41 Å². The van der Waals surface area contributed by atoms with E-state index in [0.29, 0.717) is 0 Å². The number of carbonyl (C=O) groups is 1. The summed E-state index contributed by atoms with van der Waals surface area (Å²) in [5, 5.41) is 0. The summed E-state index contributed by atoms with van der Waals surface area (Å²) >= 11 is 0. The minimum Gasteiger partial charge on any atom is -0.369 e. The van der Waals surface area contributed by atoms with E-state index in [1.54, 1.807) is 0 Å². The van der Waals surface area contributed by atoms with Gasteiger partial charge < -0.3 is 5.73 Å². The lowest BCUT2D eigenvalue weighted by Gasteiger charge is -2.31. The Morgan fingerprint density at radius 1 is 1.42 bits per heavy atom. The van der Waals surface area contributed by atoms with Gasteiger partial charge in [-0.25, -0.2) is 0 Å². The number of allylic oxidation sites excluding steroid dienone is 2. The number of nitrogens with two attached hydrogens (primary N) is 1. The summed E-state index contributed by atoms with van der Waals surface area (Å²) in [6.45, 7) is 6.19. The van der Waals surface area contributed by atoms with Crippen LogP contribution < -0.4 is 5.73 Å². The van der Waals surface area contributed by atoms with Crippen LogP contribution in [0.2, 0.25) is 0 Å². The number of hydrogen-bond acceptors (Lipinski definition) is 1. The summed E-state index contributed by atoms with van der Waals surface area (Å²) < 4.78 is 0. The first kappa shape index (κ1) is 9.30. The van der Waals surface area contributed by atoms with Gasteiger partial charge in [0.25, 0.3) is 0 Å². The maximum atomic E-state index is 11.1. The van der Waals surface area contributed by atoms with Crippen molar-refractivity contribution < 1.29 is 4.79 Å². The standard InChI is InChI=1S/C10H17NO/c1-7-4-5-10(3,9(11)12)6-8(7)2/h4-6H2,1-3H3,(H2,11,12). The maximum absolute atomic E-state index is 11.1. The molecule has 1 amide bonds. The van der Waals surface area contributed by atoms with E-state index in [4.69, 9.17) is 5.73 Å². The quantitative estimate of drug-likeness (QED) is 0.596. The zero-order chi connectivity index (χ0) is 9.35. The van der Waals surface area contributed by atoms with Crippen LogP contribution in [0.15, 0.2) is 11.1 Å². The molecule has 2 heteroatoms. The SMILES string of the molecule is CC1=C(C)CC(C)(C(N)=O)CC1. The second kappa shape index (κ2) is 2.92. The highest BCUT2D eigenvalue weighted by Crippen LogP contribution is 2.38. The Morgan fingerprint density at radius 3 is 2.42 bits per heavy atom. The molecule has 1 aliphatic rings. The van der Waals surface area contributed by atoms with Gasteiger partial charge in [-0.05, 0) is 33.1 Å². The summed E-state index contributed by atoms with van der Waals surface area (Å²) in [4.78, 5) is 11.1. The van der Waals surface area contributed by atoms with Gasteiger partial charge in [0.05, 0.1) is 5.41 Å². The van der Waals surface area contributed by atoms with E-state index in [1.807, 2.05) is 6.92 Å². The van der Waals surface area contributed by atoms with E-state index < -0.39 is 0 Å². The molecule has 1 rings (SSSR count). The Bertz CT molecular complexity index is 242. The first-order chi connectivity index (χ1) is 5.46. The van der Waals surface area contributed by atoms with E-state index in [0.717, 1.165) is 19.3 Å². The van der Waals surface area contributed by atoms with Crippen molar-refractivity contribution in [1.82, 2.24) is 0 Å². The Hall–Kier alpha value is -0.790. The van der Waals surface area contributed by atoms with Crippen LogP contribution in [-0.4, -0.2) is 5.91 Å². The Morgan fingerprint density at radius 2 is 2.00 bits per heavy atom. The van der Waals surface area contributed by atoms with E-state index >= 15 is 0 Å². The van der Waals surface area contributed by atoms with Crippen LogP contribution >= 0.6 is 0 Å². The first-order valence-corrected chi connectivity index (χ1v) is 4.41. The number of primary amides is 1. The lowest BCUT2D eigenvalue weighted by molar-refractivity contribution is -0.127. The summed E-state index contributed by atoms with van der Waals surface area (Å²) in [5.74, 6) is -0.158. The average molecular weight is 167 g/mol. The lowest BCUT2D eigenvalue weighted by atomic mass is 9.73. The Labute approximate surface area is 73.8 Å². The minimum atomic E-state index is -0.288. The van der Waals surface area contributed by atoms with Crippen LogP contribution in [0.3, 0.4) is 0 Å². The van der Waals surface area contributed by atoms with Crippen molar-refractivity contribution in [2.24, 2.45) is 11.1 Å². The monoisotopic (exact) mass is 167 g/mol. The smallest absolute Gasteiger partial charge is 0.223 e. The predicted octanol–water partition coefficient (Wildman–Crippen LogP) is 2.00. The highest BCUT2D eigenvalue weighted by molar-refractivity contribution is 5.81. The van der Waals surface area contributed by atoms with E-state index in [9.17, 15) is 4.79 Å². The van der Waals surface area contributed by atoms with E-state index in [-0.39, 0.29) is 11.3 Å². The average Bonchev–Trinajstić information content (AvgIpc) is 1.97. The number of rotatable bonds is 1. The van der Waals surface area contributed by atoms with Gasteiger partial charge in [0, 0.05) is 0 Å². The van der Waals surface area contributed by atoms with Crippen LogP contribution in [0.25, 0.3) is 0 Å². The van der Waals surface area contributed by atoms with E-state index in [2.05, 4.69) is 13.8 Å². The second-order valence-corrected chi connectivity index (χ2v) is 4.16. The molecule has 0 heterocycles. The molecule has 2 N–H and O–H groups in total. The molecule has 0 saturated heterocycles. The number of hydrogen-bond donors (Lipinski definition) is 1. The third-order valence-corrected chi connectivity index (χ3v) is 3.03. The molecular weight excluding hydrogens is 150 g/mol. The first-order valence-electron chi connectivity index (χ1n) is 4.41. The molecule has 12 heavy (non-hydrogen) atoms. The van der Waals surface area contributed by atoms with Gasteiger partial charge in [-0.15, -0.1) is 0 Å². The lowest BCUT2D eigenvalue weighted by Crippen LogP contribution is -2.36. The summed E-state index contributed by atoms with van der Waals surface area (Å²) in [5.41, 5.74) is 7.82. The van der Waals surface area contributed by atoms with Gasteiger partial charge in [-0.1, -0.05) is 18.1 Å². The molecular formula is C10H17NO. The zero-order valence-corrected chi connectivity index (χ0v) is 8.11. The second-order valence-electron chi connectivity index (χ2n) is 4.16. The molecule has 0 aliphatic heterocycles. The highest BCUT2D eigenvalue weighted by atomic mass is 16.1. The van der Waals surface area contributed by atoms with Crippen molar-refractivity contribution in [3.8, 4) is 0 Å². The van der Waals surface area contributed by atoms with Gasteiger partial charge in [-0.2, -0.15) is 0 Å². The number of carbonyl (C=O) groups excluding carboxylic acids is 1. The molecule has 0 bridgehead atoms. The van der Waals surface area contributed by atoms with Crippen LogP contribution in [0.5, 0.6) is 0 Å². The summed E-state index contributed by atoms with van der Waals surface area (Å²) in [6.07, 6.45) is 2.77. The van der Waals surface area contributed by atoms with Gasteiger partial charge in [0.2, 0.25) is 5.91 Å². The molecule has 1 atom stereocenters. The minimum absolute atomic E-state index is 0.158. The molecule has 0 radical (unpaired) electrons. The van der Waals surface area contributed by atoms with Crippen LogP contribution in [0.1, 0.15) is 40.0 Å². The molecule has 0 fully saturated rings. The van der Waals surface area contributed by atoms with Gasteiger partial charge in [-0.3, -0.25) is 4.79 Å². The van der Waals surface area contributed by atoms with Crippen molar-refractivity contribution in [3.63, 3.8) is 0 Å².